The molecule has 0 saturated carbocycles. The van der Waals surface area contributed by atoms with Crippen molar-refractivity contribution in [3.05, 3.63) is 82.4 Å². The molecule has 0 fully saturated rings. The Hall–Kier alpha value is -2.92. The molecule has 0 unspecified atom stereocenters. The molecular weight excluding hydrogens is 534 g/mol. The molecule has 37 heavy (non-hydrogen) atoms. The maximum absolute atomic E-state index is 13.7. The van der Waals surface area contributed by atoms with Gasteiger partial charge in [0.25, 0.3) is 10.0 Å². The van der Waals surface area contributed by atoms with Gasteiger partial charge in [-0.1, -0.05) is 17.7 Å². The molecule has 11 heteroatoms. The van der Waals surface area contributed by atoms with Crippen LogP contribution >= 0.6 is 11.6 Å². The minimum atomic E-state index is -4.10. The van der Waals surface area contributed by atoms with Crippen LogP contribution < -0.4 is 9.21 Å². The quantitative estimate of drug-likeness (QED) is 0.435. The Labute approximate surface area is 223 Å². The summed E-state index contributed by atoms with van der Waals surface area (Å²) in [5.41, 5.74) is 3.55. The molecule has 8 nitrogen and oxygen atoms in total. The van der Waals surface area contributed by atoms with E-state index in [0.29, 0.717) is 29.4 Å². The summed E-state index contributed by atoms with van der Waals surface area (Å²) in [5.74, 6) is -0.419. The van der Waals surface area contributed by atoms with Crippen molar-refractivity contribution in [1.82, 2.24) is 4.31 Å². The molecule has 0 spiro atoms. The molecule has 0 bridgehead atoms. The molecule has 0 aliphatic carbocycles. The first kappa shape index (κ1) is 27.1. The van der Waals surface area contributed by atoms with Crippen molar-refractivity contribution in [3.8, 4) is 0 Å². The van der Waals surface area contributed by atoms with E-state index < -0.39 is 32.5 Å². The normalized spacial score (nSPS) is 13.6. The number of nitrogens with zero attached hydrogens (tertiary/aromatic N) is 3. The second kappa shape index (κ2) is 10.1. The van der Waals surface area contributed by atoms with Gasteiger partial charge in [0.2, 0.25) is 15.9 Å². The summed E-state index contributed by atoms with van der Waals surface area (Å²) < 4.78 is 54.7. The molecule has 0 N–H and O–H groups in total. The van der Waals surface area contributed by atoms with Crippen LogP contribution in [0.4, 0.5) is 11.4 Å². The van der Waals surface area contributed by atoms with Crippen molar-refractivity contribution in [3.63, 3.8) is 0 Å². The Morgan fingerprint density at radius 1 is 0.865 bits per heavy atom. The molecule has 0 saturated heterocycles. The highest BCUT2D eigenvalue weighted by molar-refractivity contribution is 7.92. The third kappa shape index (κ3) is 5.24. The number of halogens is 1. The molecule has 3 aromatic rings. The van der Waals surface area contributed by atoms with Crippen LogP contribution in [0.5, 0.6) is 0 Å². The number of amides is 1. The van der Waals surface area contributed by atoms with Crippen LogP contribution in [0.1, 0.15) is 16.7 Å². The van der Waals surface area contributed by atoms with E-state index in [4.69, 9.17) is 11.6 Å². The number of aryl methyl sites for hydroxylation is 2. The van der Waals surface area contributed by atoms with Crippen LogP contribution in [0, 0.1) is 13.8 Å². The second-order valence-electron chi connectivity index (χ2n) is 9.11. The number of hydrogen-bond acceptors (Lipinski definition) is 5. The van der Waals surface area contributed by atoms with Crippen LogP contribution in [0.15, 0.2) is 70.5 Å². The lowest BCUT2D eigenvalue weighted by Gasteiger charge is -2.27. The summed E-state index contributed by atoms with van der Waals surface area (Å²) in [5, 5.41) is 0.400. The van der Waals surface area contributed by atoms with Crippen molar-refractivity contribution in [2.24, 2.45) is 0 Å². The van der Waals surface area contributed by atoms with Gasteiger partial charge in [0.1, 0.15) is 6.54 Å². The largest absolute Gasteiger partial charge is 0.310 e. The molecule has 1 aliphatic rings. The van der Waals surface area contributed by atoms with Crippen LogP contribution in [-0.4, -0.2) is 54.2 Å². The van der Waals surface area contributed by atoms with E-state index in [9.17, 15) is 21.6 Å². The van der Waals surface area contributed by atoms with Gasteiger partial charge < -0.3 is 4.90 Å². The van der Waals surface area contributed by atoms with Gasteiger partial charge in [-0.3, -0.25) is 9.10 Å². The highest BCUT2D eigenvalue weighted by Crippen LogP contribution is 2.32. The zero-order valence-electron chi connectivity index (χ0n) is 21.0. The number of carbonyl (C=O) groups is 1. The summed E-state index contributed by atoms with van der Waals surface area (Å²) in [6, 6.07) is 15.7. The van der Waals surface area contributed by atoms with E-state index in [2.05, 4.69) is 0 Å². The van der Waals surface area contributed by atoms with Gasteiger partial charge in [-0.25, -0.2) is 21.1 Å². The molecule has 0 radical (unpaired) electrons. The molecule has 196 valence electrons. The van der Waals surface area contributed by atoms with Gasteiger partial charge in [0.15, 0.2) is 0 Å². The van der Waals surface area contributed by atoms with E-state index in [0.717, 1.165) is 25.3 Å². The number of hydrogen-bond donors (Lipinski definition) is 0. The monoisotopic (exact) mass is 561 g/mol. The van der Waals surface area contributed by atoms with Crippen molar-refractivity contribution >= 4 is 48.9 Å². The Morgan fingerprint density at radius 2 is 1.51 bits per heavy atom. The van der Waals surface area contributed by atoms with E-state index >= 15 is 0 Å². The summed E-state index contributed by atoms with van der Waals surface area (Å²) in [7, 11) is -4.80. The van der Waals surface area contributed by atoms with E-state index in [1.54, 1.807) is 24.3 Å². The molecule has 1 amide bonds. The van der Waals surface area contributed by atoms with Gasteiger partial charge in [-0.15, -0.1) is 0 Å². The lowest BCUT2D eigenvalue weighted by molar-refractivity contribution is -0.117. The number of benzene rings is 3. The van der Waals surface area contributed by atoms with Crippen molar-refractivity contribution in [2.75, 3.05) is 36.4 Å². The van der Waals surface area contributed by atoms with Crippen LogP contribution in [-0.2, 0) is 31.3 Å². The summed E-state index contributed by atoms with van der Waals surface area (Å²) in [4.78, 5) is 15.2. The van der Waals surface area contributed by atoms with Crippen LogP contribution in [0.3, 0.4) is 0 Å². The molecule has 4 rings (SSSR count). The predicted molar refractivity (Wildman–Crippen MR) is 145 cm³/mol. The Bertz CT molecular complexity index is 1570. The maximum Gasteiger partial charge on any atom is 0.264 e. The fourth-order valence-electron chi connectivity index (χ4n) is 4.15. The number of carbonyl (C=O) groups excluding carboxylic acids is 1. The molecule has 3 aromatic carbocycles. The topological polar surface area (TPSA) is 95.1 Å². The second-order valence-corrected chi connectivity index (χ2v) is 13.6. The lowest BCUT2D eigenvalue weighted by Crippen LogP contribution is -2.42. The number of fused-ring (bicyclic) bond motifs is 1. The summed E-state index contributed by atoms with van der Waals surface area (Å²) in [6.45, 7) is 3.70. The Balaban J connectivity index is 1.70. The zero-order valence-corrected chi connectivity index (χ0v) is 23.4. The summed E-state index contributed by atoms with van der Waals surface area (Å²) >= 11 is 5.96. The highest BCUT2D eigenvalue weighted by atomic mass is 35.5. The van der Waals surface area contributed by atoms with Gasteiger partial charge >= 0.3 is 0 Å². The highest BCUT2D eigenvalue weighted by Gasteiger charge is 2.32. The minimum absolute atomic E-state index is 0.0169. The third-order valence-electron chi connectivity index (χ3n) is 6.49. The molecule has 1 aliphatic heterocycles. The van der Waals surface area contributed by atoms with Crippen molar-refractivity contribution in [2.45, 2.75) is 30.1 Å². The van der Waals surface area contributed by atoms with Gasteiger partial charge in [-0.2, -0.15) is 0 Å². The van der Waals surface area contributed by atoms with Crippen molar-refractivity contribution in [1.29, 1.82) is 0 Å². The molecule has 0 atom stereocenters. The van der Waals surface area contributed by atoms with Gasteiger partial charge in [0, 0.05) is 31.4 Å². The number of rotatable bonds is 7. The molecular formula is C26H28ClN3O5S2. The minimum Gasteiger partial charge on any atom is -0.310 e. The first-order valence-electron chi connectivity index (χ1n) is 11.5. The smallest absolute Gasteiger partial charge is 0.264 e. The predicted octanol–water partition coefficient (Wildman–Crippen LogP) is 3.99. The van der Waals surface area contributed by atoms with Crippen molar-refractivity contribution < 1.29 is 21.6 Å². The van der Waals surface area contributed by atoms with E-state index in [1.165, 1.54) is 49.3 Å². The number of sulfonamides is 2. The fourth-order valence-corrected chi connectivity index (χ4v) is 6.63. The third-order valence-corrected chi connectivity index (χ3v) is 10.3. The number of anilines is 2. The molecule has 1 heterocycles. The molecule has 0 aromatic heterocycles. The zero-order chi connectivity index (χ0) is 27.1. The first-order valence-corrected chi connectivity index (χ1v) is 14.8. The average Bonchev–Trinajstić information content (AvgIpc) is 3.28. The first-order chi connectivity index (χ1) is 17.3. The Kier molecular flexibility index (Phi) is 7.40. The summed E-state index contributed by atoms with van der Waals surface area (Å²) in [6.07, 6.45) is 0.464. The van der Waals surface area contributed by atoms with Gasteiger partial charge in [-0.05, 0) is 91.6 Å². The van der Waals surface area contributed by atoms with Gasteiger partial charge in [0.05, 0.1) is 15.5 Å². The average molecular weight is 562 g/mol. The van der Waals surface area contributed by atoms with Crippen LogP contribution in [0.25, 0.3) is 0 Å². The van der Waals surface area contributed by atoms with E-state index in [1.807, 2.05) is 19.9 Å². The lowest BCUT2D eigenvalue weighted by atomic mass is 10.1. The maximum atomic E-state index is 13.7. The standard InChI is InChI=1S/C26H28ClN3O5S2/c1-18-5-8-22(15-19(18)2)30(37(34,35)23-9-6-21(27)7-10-23)17-26(31)29-14-13-20-16-24(11-12-25(20)29)36(32,33)28(3)4/h5-12,15-16H,13-14,17H2,1-4H3. The SMILES string of the molecule is Cc1ccc(N(CC(=O)N2CCc3cc(S(=O)(=O)N(C)C)ccc32)S(=O)(=O)c2ccc(Cl)cc2)cc1C. The fraction of sp³-hybridized carbons (Fsp3) is 0.269. The van der Waals surface area contributed by atoms with E-state index in [-0.39, 0.29) is 9.79 Å². The van der Waals surface area contributed by atoms with Crippen LogP contribution in [0.2, 0.25) is 5.02 Å². The Morgan fingerprint density at radius 3 is 2.14 bits per heavy atom.